The van der Waals surface area contributed by atoms with Crippen molar-refractivity contribution in [1.29, 1.82) is 0 Å². The minimum atomic E-state index is -0.776. The second kappa shape index (κ2) is 12.1. The molecule has 1 aromatic rings. The lowest BCUT2D eigenvalue weighted by molar-refractivity contribution is -0.137. The van der Waals surface area contributed by atoms with Crippen molar-refractivity contribution in [3.8, 4) is 0 Å². The number of aliphatic hydroxyl groups excluding tert-OH is 3. The second-order valence-corrected chi connectivity index (χ2v) is 8.07. The van der Waals surface area contributed by atoms with Gasteiger partial charge in [0, 0.05) is 12.0 Å². The number of benzene rings is 1. The third-order valence-corrected chi connectivity index (χ3v) is 5.90. The van der Waals surface area contributed by atoms with E-state index >= 15 is 0 Å². The SMILES string of the molecule is O=C(O)CCCCCC[C@@H]1[C@@H](CCC(O)/C=C/c2ccccc2F)[C@H](O)C[C@@H]1O. The molecule has 0 bridgehead atoms. The maximum Gasteiger partial charge on any atom is 0.303 e. The van der Waals surface area contributed by atoms with Gasteiger partial charge in [-0.1, -0.05) is 49.6 Å². The Morgan fingerprint density at radius 3 is 2.41 bits per heavy atom. The molecular formula is C23H33FO5. The Morgan fingerprint density at radius 1 is 1.07 bits per heavy atom. The van der Waals surface area contributed by atoms with Gasteiger partial charge >= 0.3 is 5.97 Å². The second-order valence-electron chi connectivity index (χ2n) is 8.07. The topological polar surface area (TPSA) is 98.0 Å². The molecule has 0 radical (unpaired) electrons. The highest BCUT2D eigenvalue weighted by Crippen LogP contribution is 2.39. The van der Waals surface area contributed by atoms with E-state index in [2.05, 4.69) is 0 Å². The van der Waals surface area contributed by atoms with Crippen LogP contribution in [0.2, 0.25) is 0 Å². The molecule has 5 nitrogen and oxygen atoms in total. The van der Waals surface area contributed by atoms with Crippen molar-refractivity contribution in [2.75, 3.05) is 0 Å². The Bertz CT molecular complexity index is 662. The van der Waals surface area contributed by atoms with Crippen molar-refractivity contribution < 1.29 is 29.6 Å². The van der Waals surface area contributed by atoms with Crippen LogP contribution in [-0.4, -0.2) is 44.7 Å². The van der Waals surface area contributed by atoms with Gasteiger partial charge in [0.05, 0.1) is 18.3 Å². The molecule has 1 aromatic carbocycles. The van der Waals surface area contributed by atoms with Gasteiger partial charge in [0.2, 0.25) is 0 Å². The first-order valence-electron chi connectivity index (χ1n) is 10.6. The van der Waals surface area contributed by atoms with Gasteiger partial charge in [-0.25, -0.2) is 4.39 Å². The highest BCUT2D eigenvalue weighted by molar-refractivity contribution is 5.66. The summed E-state index contributed by atoms with van der Waals surface area (Å²) < 4.78 is 13.6. The normalized spacial score (nSPS) is 25.5. The number of unbranched alkanes of at least 4 members (excludes halogenated alkanes) is 3. The molecule has 1 unspecified atom stereocenters. The van der Waals surface area contributed by atoms with Crippen LogP contribution in [0.5, 0.6) is 0 Å². The van der Waals surface area contributed by atoms with Crippen LogP contribution in [0, 0.1) is 17.7 Å². The third kappa shape index (κ3) is 7.88. The molecule has 0 heterocycles. The van der Waals surface area contributed by atoms with Crippen molar-refractivity contribution in [2.24, 2.45) is 11.8 Å². The Kier molecular flexibility index (Phi) is 9.78. The highest BCUT2D eigenvalue weighted by Gasteiger charge is 2.40. The minimum Gasteiger partial charge on any atom is -0.481 e. The molecular weight excluding hydrogens is 375 g/mol. The molecule has 6 heteroatoms. The van der Waals surface area contributed by atoms with Gasteiger partial charge in [-0.3, -0.25) is 4.79 Å². The summed E-state index contributed by atoms with van der Waals surface area (Å²) in [5, 5.41) is 39.5. The Morgan fingerprint density at radius 2 is 1.72 bits per heavy atom. The quantitative estimate of drug-likeness (QED) is 0.395. The van der Waals surface area contributed by atoms with E-state index in [4.69, 9.17) is 5.11 Å². The summed E-state index contributed by atoms with van der Waals surface area (Å²) >= 11 is 0. The number of carboxylic acid groups (broad SMARTS) is 1. The molecule has 1 aliphatic rings. The van der Waals surface area contributed by atoms with E-state index in [9.17, 15) is 24.5 Å². The van der Waals surface area contributed by atoms with Gasteiger partial charge in [0.15, 0.2) is 0 Å². The number of hydrogen-bond acceptors (Lipinski definition) is 4. The number of hydrogen-bond donors (Lipinski definition) is 4. The van der Waals surface area contributed by atoms with E-state index < -0.39 is 24.3 Å². The Hall–Kier alpha value is -1.76. The van der Waals surface area contributed by atoms with E-state index in [0.717, 1.165) is 25.7 Å². The first-order chi connectivity index (χ1) is 13.9. The van der Waals surface area contributed by atoms with Crippen molar-refractivity contribution in [2.45, 2.75) is 76.1 Å². The molecule has 0 amide bonds. The summed E-state index contributed by atoms with van der Waals surface area (Å²) in [6.07, 6.45) is 6.94. The lowest BCUT2D eigenvalue weighted by atomic mass is 9.85. The summed E-state index contributed by atoms with van der Waals surface area (Å²) in [5.41, 5.74) is 0.420. The number of rotatable bonds is 12. The van der Waals surface area contributed by atoms with Gasteiger partial charge in [-0.05, 0) is 50.0 Å². The molecule has 1 saturated carbocycles. The van der Waals surface area contributed by atoms with Gasteiger partial charge < -0.3 is 20.4 Å². The maximum absolute atomic E-state index is 13.6. The maximum atomic E-state index is 13.6. The van der Waals surface area contributed by atoms with Crippen molar-refractivity contribution in [1.82, 2.24) is 0 Å². The lowest BCUT2D eigenvalue weighted by Gasteiger charge is -2.24. The molecule has 0 saturated heterocycles. The zero-order valence-corrected chi connectivity index (χ0v) is 16.8. The number of carboxylic acids is 1. The van der Waals surface area contributed by atoms with Gasteiger partial charge in [0.25, 0.3) is 0 Å². The molecule has 29 heavy (non-hydrogen) atoms. The smallest absolute Gasteiger partial charge is 0.303 e. The van der Waals surface area contributed by atoms with Gasteiger partial charge in [-0.15, -0.1) is 0 Å². The number of aliphatic hydroxyl groups is 3. The molecule has 4 N–H and O–H groups in total. The van der Waals surface area contributed by atoms with E-state index in [1.54, 1.807) is 30.4 Å². The van der Waals surface area contributed by atoms with E-state index in [1.165, 1.54) is 6.07 Å². The van der Waals surface area contributed by atoms with E-state index in [1.807, 2.05) is 0 Å². The van der Waals surface area contributed by atoms with Crippen molar-refractivity contribution in [3.05, 3.63) is 41.7 Å². The minimum absolute atomic E-state index is 0.00720. The highest BCUT2D eigenvalue weighted by atomic mass is 19.1. The average molecular weight is 409 g/mol. The summed E-state index contributed by atoms with van der Waals surface area (Å²) in [6, 6.07) is 6.36. The van der Waals surface area contributed by atoms with Crippen LogP contribution in [0.3, 0.4) is 0 Å². The number of halogens is 1. The predicted molar refractivity (Wildman–Crippen MR) is 110 cm³/mol. The molecule has 0 spiro atoms. The Balaban J connectivity index is 1.77. The monoisotopic (exact) mass is 408 g/mol. The average Bonchev–Trinajstić information content (AvgIpc) is 2.94. The fourth-order valence-electron chi connectivity index (χ4n) is 4.27. The predicted octanol–water partition coefficient (Wildman–Crippen LogP) is 3.76. The standard InChI is InChI=1S/C23H33FO5/c24-20-9-6-5-7-16(20)11-12-17(25)13-14-19-18(21(26)15-22(19)27)8-3-1-2-4-10-23(28)29/h5-7,9,11-12,17-19,21-22,25-27H,1-4,8,10,13-15H2,(H,28,29)/b12-11+/t17?,18-,19-,21+,22-/m1/s1. The van der Waals surface area contributed by atoms with Crippen LogP contribution in [-0.2, 0) is 4.79 Å². The largest absolute Gasteiger partial charge is 0.481 e. The zero-order chi connectivity index (χ0) is 21.2. The van der Waals surface area contributed by atoms with Crippen LogP contribution < -0.4 is 0 Å². The number of carbonyl (C=O) groups is 1. The summed E-state index contributed by atoms with van der Waals surface area (Å²) in [5.74, 6) is -1.19. The van der Waals surface area contributed by atoms with Crippen molar-refractivity contribution in [3.63, 3.8) is 0 Å². The zero-order valence-electron chi connectivity index (χ0n) is 16.8. The summed E-state index contributed by atoms with van der Waals surface area (Å²) in [6.45, 7) is 0. The molecule has 0 aromatic heterocycles. The van der Waals surface area contributed by atoms with Crippen LogP contribution in [0.4, 0.5) is 4.39 Å². The van der Waals surface area contributed by atoms with Crippen LogP contribution in [0.1, 0.15) is 63.4 Å². The first-order valence-corrected chi connectivity index (χ1v) is 10.6. The first kappa shape index (κ1) is 23.5. The fraction of sp³-hybridized carbons (Fsp3) is 0.609. The molecule has 0 aliphatic heterocycles. The number of aliphatic carboxylic acids is 1. The van der Waals surface area contributed by atoms with Gasteiger partial charge in [0.1, 0.15) is 5.82 Å². The lowest BCUT2D eigenvalue weighted by Crippen LogP contribution is -2.23. The molecule has 1 aliphatic carbocycles. The molecule has 2 rings (SSSR count). The molecule has 162 valence electrons. The third-order valence-electron chi connectivity index (χ3n) is 5.90. The van der Waals surface area contributed by atoms with Crippen LogP contribution >= 0.6 is 0 Å². The van der Waals surface area contributed by atoms with E-state index in [0.29, 0.717) is 31.2 Å². The Labute approximate surface area is 171 Å². The van der Waals surface area contributed by atoms with Gasteiger partial charge in [-0.2, -0.15) is 0 Å². The van der Waals surface area contributed by atoms with Crippen LogP contribution in [0.15, 0.2) is 30.3 Å². The van der Waals surface area contributed by atoms with Crippen LogP contribution in [0.25, 0.3) is 6.08 Å². The summed E-state index contributed by atoms with van der Waals surface area (Å²) in [4.78, 5) is 10.5. The van der Waals surface area contributed by atoms with Crippen molar-refractivity contribution >= 4 is 12.0 Å². The van der Waals surface area contributed by atoms with E-state index in [-0.39, 0.29) is 24.1 Å². The molecule has 1 fully saturated rings. The fourth-order valence-corrected chi connectivity index (χ4v) is 4.27. The molecule has 5 atom stereocenters. The summed E-state index contributed by atoms with van der Waals surface area (Å²) in [7, 11) is 0.